The maximum absolute atomic E-state index is 5.63. The summed E-state index contributed by atoms with van der Waals surface area (Å²) in [7, 11) is 0. The van der Waals surface area contributed by atoms with Gasteiger partial charge in [-0.2, -0.15) is 0 Å². The largest absolute Gasteiger partial charge is 0.384 e. The average molecular weight is 269 g/mol. The van der Waals surface area contributed by atoms with Gasteiger partial charge < -0.3 is 10.5 Å². The number of nitrogen functional groups attached to an aromatic ring is 1. The van der Waals surface area contributed by atoms with Crippen LogP contribution in [0.2, 0.25) is 0 Å². The maximum Gasteiger partial charge on any atom is 0.123 e. The van der Waals surface area contributed by atoms with Crippen LogP contribution < -0.4 is 5.73 Å². The lowest BCUT2D eigenvalue weighted by atomic mass is 10.0. The zero-order chi connectivity index (χ0) is 13.8. The van der Waals surface area contributed by atoms with Crippen molar-refractivity contribution < 1.29 is 4.74 Å². The molecule has 104 valence electrons. The number of pyridine rings is 1. The normalized spacial score (nSPS) is 16.2. The lowest BCUT2D eigenvalue weighted by molar-refractivity contribution is 0.0342. The molecule has 0 radical (unpaired) electrons. The van der Waals surface area contributed by atoms with Crippen molar-refractivity contribution in [1.82, 2.24) is 9.88 Å². The molecule has 4 heteroatoms. The molecule has 0 unspecified atom stereocenters. The Kier molecular flexibility index (Phi) is 3.95. The van der Waals surface area contributed by atoms with Crippen LogP contribution in [0.15, 0.2) is 42.6 Å². The van der Waals surface area contributed by atoms with Crippen molar-refractivity contribution >= 4 is 5.82 Å². The highest BCUT2D eigenvalue weighted by atomic mass is 16.5. The van der Waals surface area contributed by atoms with Crippen molar-refractivity contribution in [2.45, 2.75) is 6.54 Å². The second kappa shape index (κ2) is 6.03. The van der Waals surface area contributed by atoms with Gasteiger partial charge in [-0.15, -0.1) is 0 Å². The topological polar surface area (TPSA) is 51.4 Å². The molecule has 4 nitrogen and oxygen atoms in total. The monoisotopic (exact) mass is 269 g/mol. The molecule has 1 fully saturated rings. The van der Waals surface area contributed by atoms with Crippen LogP contribution >= 0.6 is 0 Å². The van der Waals surface area contributed by atoms with Crippen LogP contribution in [-0.4, -0.2) is 36.2 Å². The van der Waals surface area contributed by atoms with Gasteiger partial charge in [0.15, 0.2) is 0 Å². The molecule has 0 saturated carbocycles. The fraction of sp³-hybridized carbons (Fsp3) is 0.312. The molecule has 1 aliphatic rings. The highest BCUT2D eigenvalue weighted by molar-refractivity contribution is 5.64. The summed E-state index contributed by atoms with van der Waals surface area (Å²) in [5, 5.41) is 0. The predicted molar refractivity (Wildman–Crippen MR) is 80.2 cm³/mol. The maximum atomic E-state index is 5.63. The summed E-state index contributed by atoms with van der Waals surface area (Å²) in [5.74, 6) is 0.554. The highest BCUT2D eigenvalue weighted by Gasteiger charge is 2.10. The number of ether oxygens (including phenoxy) is 1. The number of aromatic nitrogens is 1. The van der Waals surface area contributed by atoms with Crippen molar-refractivity contribution in [3.8, 4) is 11.1 Å². The summed E-state index contributed by atoms with van der Waals surface area (Å²) < 4.78 is 5.38. The lowest BCUT2D eigenvalue weighted by Crippen LogP contribution is -2.35. The van der Waals surface area contributed by atoms with E-state index in [4.69, 9.17) is 10.5 Å². The van der Waals surface area contributed by atoms with Crippen LogP contribution in [0.1, 0.15) is 5.56 Å². The fourth-order valence-electron chi connectivity index (χ4n) is 2.44. The first-order valence-electron chi connectivity index (χ1n) is 6.92. The van der Waals surface area contributed by atoms with Gasteiger partial charge in [0, 0.05) is 31.4 Å². The first kappa shape index (κ1) is 13.1. The predicted octanol–water partition coefficient (Wildman–Crippen LogP) is 2.16. The number of benzene rings is 1. The molecular formula is C16H19N3O. The fourth-order valence-corrected chi connectivity index (χ4v) is 2.44. The summed E-state index contributed by atoms with van der Waals surface area (Å²) in [6.07, 6.45) is 1.82. The summed E-state index contributed by atoms with van der Waals surface area (Å²) in [6.45, 7) is 4.66. The summed E-state index contributed by atoms with van der Waals surface area (Å²) in [5.41, 5.74) is 9.23. The third-order valence-corrected chi connectivity index (χ3v) is 3.56. The quantitative estimate of drug-likeness (QED) is 0.927. The first-order valence-corrected chi connectivity index (χ1v) is 6.92. The van der Waals surface area contributed by atoms with E-state index in [1.54, 1.807) is 0 Å². The van der Waals surface area contributed by atoms with Crippen LogP contribution in [0.25, 0.3) is 11.1 Å². The van der Waals surface area contributed by atoms with E-state index in [0.717, 1.165) is 38.4 Å². The Hall–Kier alpha value is -1.91. The molecule has 1 aliphatic heterocycles. The summed E-state index contributed by atoms with van der Waals surface area (Å²) in [6, 6.07) is 12.4. The Labute approximate surface area is 119 Å². The Morgan fingerprint density at radius 1 is 1.10 bits per heavy atom. The van der Waals surface area contributed by atoms with E-state index in [-0.39, 0.29) is 0 Å². The van der Waals surface area contributed by atoms with Gasteiger partial charge in [-0.3, -0.25) is 4.90 Å². The van der Waals surface area contributed by atoms with Gasteiger partial charge in [0.1, 0.15) is 5.82 Å². The number of nitrogens with zero attached hydrogens (tertiary/aromatic N) is 2. The molecule has 0 atom stereocenters. The van der Waals surface area contributed by atoms with E-state index in [2.05, 4.69) is 34.1 Å². The van der Waals surface area contributed by atoms with E-state index >= 15 is 0 Å². The SMILES string of the molecule is Nc1ccc(-c2cccc(CN3CCOCC3)c2)cn1. The molecule has 0 bridgehead atoms. The summed E-state index contributed by atoms with van der Waals surface area (Å²) >= 11 is 0. The van der Waals surface area contributed by atoms with E-state index in [1.807, 2.05) is 18.3 Å². The molecule has 1 aromatic heterocycles. The van der Waals surface area contributed by atoms with Gasteiger partial charge in [-0.05, 0) is 29.3 Å². The van der Waals surface area contributed by atoms with Gasteiger partial charge in [0.05, 0.1) is 13.2 Å². The molecule has 0 aliphatic carbocycles. The Bertz CT molecular complexity index is 562. The minimum Gasteiger partial charge on any atom is -0.384 e. The van der Waals surface area contributed by atoms with Gasteiger partial charge in [-0.1, -0.05) is 18.2 Å². The third-order valence-electron chi connectivity index (χ3n) is 3.56. The smallest absolute Gasteiger partial charge is 0.123 e. The standard InChI is InChI=1S/C16H19N3O/c17-16-5-4-15(11-18-16)14-3-1-2-13(10-14)12-19-6-8-20-9-7-19/h1-5,10-11H,6-9,12H2,(H2,17,18). The number of anilines is 1. The number of rotatable bonds is 3. The van der Waals surface area contributed by atoms with Crippen LogP contribution in [0, 0.1) is 0 Å². The zero-order valence-corrected chi connectivity index (χ0v) is 11.5. The van der Waals surface area contributed by atoms with Crippen LogP contribution in [0.3, 0.4) is 0 Å². The summed E-state index contributed by atoms with van der Waals surface area (Å²) in [4.78, 5) is 6.57. The first-order chi connectivity index (χ1) is 9.81. The molecule has 0 spiro atoms. The second-order valence-electron chi connectivity index (χ2n) is 5.06. The molecule has 2 N–H and O–H groups in total. The molecular weight excluding hydrogens is 250 g/mol. The van der Waals surface area contributed by atoms with E-state index in [1.165, 1.54) is 11.1 Å². The molecule has 1 saturated heterocycles. The number of hydrogen-bond donors (Lipinski definition) is 1. The Morgan fingerprint density at radius 2 is 1.95 bits per heavy atom. The number of hydrogen-bond acceptors (Lipinski definition) is 4. The molecule has 3 rings (SSSR count). The zero-order valence-electron chi connectivity index (χ0n) is 11.5. The lowest BCUT2D eigenvalue weighted by Gasteiger charge is -2.26. The minimum atomic E-state index is 0.554. The van der Waals surface area contributed by atoms with Crippen LogP contribution in [-0.2, 0) is 11.3 Å². The van der Waals surface area contributed by atoms with Crippen molar-refractivity contribution in [1.29, 1.82) is 0 Å². The minimum absolute atomic E-state index is 0.554. The van der Waals surface area contributed by atoms with E-state index in [9.17, 15) is 0 Å². The van der Waals surface area contributed by atoms with Gasteiger partial charge in [-0.25, -0.2) is 4.98 Å². The van der Waals surface area contributed by atoms with Crippen LogP contribution in [0.4, 0.5) is 5.82 Å². The van der Waals surface area contributed by atoms with Crippen LogP contribution in [0.5, 0.6) is 0 Å². The van der Waals surface area contributed by atoms with E-state index < -0.39 is 0 Å². The van der Waals surface area contributed by atoms with E-state index in [0.29, 0.717) is 5.82 Å². The Morgan fingerprint density at radius 3 is 2.70 bits per heavy atom. The highest BCUT2D eigenvalue weighted by Crippen LogP contribution is 2.21. The van der Waals surface area contributed by atoms with Gasteiger partial charge in [0.25, 0.3) is 0 Å². The Balaban J connectivity index is 1.76. The molecule has 2 aromatic rings. The molecule has 1 aromatic carbocycles. The van der Waals surface area contributed by atoms with Gasteiger partial charge in [0.2, 0.25) is 0 Å². The third kappa shape index (κ3) is 3.15. The number of morpholine rings is 1. The van der Waals surface area contributed by atoms with Crippen molar-refractivity contribution in [3.63, 3.8) is 0 Å². The molecule has 2 heterocycles. The number of nitrogens with two attached hydrogens (primary N) is 1. The van der Waals surface area contributed by atoms with Crippen molar-refractivity contribution in [2.75, 3.05) is 32.0 Å². The average Bonchev–Trinajstić information content (AvgIpc) is 2.49. The van der Waals surface area contributed by atoms with Gasteiger partial charge >= 0.3 is 0 Å². The molecule has 20 heavy (non-hydrogen) atoms. The molecule has 0 amide bonds. The van der Waals surface area contributed by atoms with Crippen molar-refractivity contribution in [3.05, 3.63) is 48.2 Å². The van der Waals surface area contributed by atoms with Crippen molar-refractivity contribution in [2.24, 2.45) is 0 Å². The second-order valence-corrected chi connectivity index (χ2v) is 5.06.